The minimum atomic E-state index is -4.68. The lowest BCUT2D eigenvalue weighted by molar-refractivity contribution is -0.141. The number of halogens is 3. The van der Waals surface area contributed by atoms with E-state index in [0.29, 0.717) is 17.8 Å². The molecule has 0 saturated heterocycles. The Hall–Kier alpha value is -1.32. The van der Waals surface area contributed by atoms with Crippen LogP contribution in [0.5, 0.6) is 0 Å². The number of carboxylic acids is 1. The lowest BCUT2D eigenvalue weighted by Crippen LogP contribution is -2.16. The molecule has 1 atom stereocenters. The molecule has 1 unspecified atom stereocenters. The summed E-state index contributed by atoms with van der Waals surface area (Å²) in [4.78, 5) is 14.1. The van der Waals surface area contributed by atoms with Crippen LogP contribution in [0.2, 0.25) is 0 Å². The van der Waals surface area contributed by atoms with Crippen molar-refractivity contribution in [1.29, 1.82) is 0 Å². The summed E-state index contributed by atoms with van der Waals surface area (Å²) in [5.74, 6) is -1.58. The van der Waals surface area contributed by atoms with Crippen LogP contribution in [0.1, 0.15) is 16.1 Å². The largest absolute Gasteiger partial charge is 0.478 e. The van der Waals surface area contributed by atoms with Crippen molar-refractivity contribution in [3.05, 3.63) is 23.4 Å². The SMILES string of the molecule is O=C(O)c1ccc(C(F)(F)F)nc1SCC(O)CO. The number of aromatic carboxylic acids is 1. The molecule has 3 N–H and O–H groups in total. The Morgan fingerprint density at radius 2 is 2.05 bits per heavy atom. The zero-order chi connectivity index (χ0) is 14.6. The smallest absolute Gasteiger partial charge is 0.433 e. The van der Waals surface area contributed by atoms with Crippen LogP contribution in [-0.2, 0) is 6.18 Å². The molecule has 0 aromatic carbocycles. The van der Waals surface area contributed by atoms with Crippen molar-refractivity contribution in [1.82, 2.24) is 4.98 Å². The van der Waals surface area contributed by atoms with Gasteiger partial charge in [-0.15, -0.1) is 11.8 Å². The minimum absolute atomic E-state index is 0.162. The summed E-state index contributed by atoms with van der Waals surface area (Å²) in [5.41, 5.74) is -1.60. The third-order valence-electron chi connectivity index (χ3n) is 2.00. The number of hydrogen-bond acceptors (Lipinski definition) is 5. The first-order valence-electron chi connectivity index (χ1n) is 4.99. The van der Waals surface area contributed by atoms with E-state index in [9.17, 15) is 18.0 Å². The fourth-order valence-electron chi connectivity index (χ4n) is 1.10. The van der Waals surface area contributed by atoms with Crippen molar-refractivity contribution in [2.24, 2.45) is 0 Å². The van der Waals surface area contributed by atoms with E-state index in [-0.39, 0.29) is 16.3 Å². The molecular weight excluding hydrogens is 287 g/mol. The first kappa shape index (κ1) is 15.7. The number of carbonyl (C=O) groups is 1. The summed E-state index contributed by atoms with van der Waals surface area (Å²) < 4.78 is 37.4. The highest BCUT2D eigenvalue weighted by Crippen LogP contribution is 2.31. The maximum absolute atomic E-state index is 12.5. The molecule has 19 heavy (non-hydrogen) atoms. The quantitative estimate of drug-likeness (QED) is 0.709. The Morgan fingerprint density at radius 1 is 1.42 bits per heavy atom. The molecule has 5 nitrogen and oxygen atoms in total. The van der Waals surface area contributed by atoms with E-state index in [1.807, 2.05) is 0 Å². The summed E-state index contributed by atoms with van der Waals surface area (Å²) >= 11 is 0.636. The van der Waals surface area contributed by atoms with E-state index in [4.69, 9.17) is 15.3 Å². The second-order valence-electron chi connectivity index (χ2n) is 3.50. The fourth-order valence-corrected chi connectivity index (χ4v) is 2.03. The normalized spacial score (nSPS) is 13.3. The van der Waals surface area contributed by atoms with Crippen molar-refractivity contribution in [2.45, 2.75) is 17.3 Å². The first-order chi connectivity index (χ1) is 8.75. The zero-order valence-electron chi connectivity index (χ0n) is 9.39. The monoisotopic (exact) mass is 297 g/mol. The molecule has 0 aliphatic carbocycles. The van der Waals surface area contributed by atoms with Gasteiger partial charge in [0.2, 0.25) is 0 Å². The van der Waals surface area contributed by atoms with E-state index >= 15 is 0 Å². The molecule has 0 aliphatic heterocycles. The molecule has 0 amide bonds. The van der Waals surface area contributed by atoms with Crippen molar-refractivity contribution in [2.75, 3.05) is 12.4 Å². The molecule has 1 heterocycles. The predicted molar refractivity (Wildman–Crippen MR) is 60.0 cm³/mol. The number of hydrogen-bond donors (Lipinski definition) is 3. The Morgan fingerprint density at radius 3 is 2.53 bits per heavy atom. The van der Waals surface area contributed by atoms with Crippen LogP contribution in [0.4, 0.5) is 13.2 Å². The molecule has 0 fully saturated rings. The standard InChI is InChI=1S/C10H10F3NO4S/c11-10(12,13)7-2-1-6(9(17)18)8(14-7)19-4-5(16)3-15/h1-2,5,15-16H,3-4H2,(H,17,18). The van der Waals surface area contributed by atoms with Gasteiger partial charge in [0.15, 0.2) is 0 Å². The molecule has 1 aromatic heterocycles. The average molecular weight is 297 g/mol. The predicted octanol–water partition coefficient (Wildman–Crippen LogP) is 1.24. The summed E-state index contributed by atoms with van der Waals surface area (Å²) in [6.07, 6.45) is -5.84. The molecule has 9 heteroatoms. The van der Waals surface area contributed by atoms with E-state index in [2.05, 4.69) is 4.98 Å². The molecule has 0 aliphatic rings. The minimum Gasteiger partial charge on any atom is -0.478 e. The van der Waals surface area contributed by atoms with Crippen LogP contribution in [-0.4, -0.2) is 44.7 Å². The van der Waals surface area contributed by atoms with Gasteiger partial charge in [0, 0.05) is 5.75 Å². The molecule has 106 valence electrons. The van der Waals surface area contributed by atoms with E-state index in [0.717, 1.165) is 6.07 Å². The number of nitrogens with zero attached hydrogens (tertiary/aromatic N) is 1. The fraction of sp³-hybridized carbons (Fsp3) is 0.400. The summed E-state index contributed by atoms with van der Waals surface area (Å²) in [5, 5.41) is 26.2. The lowest BCUT2D eigenvalue weighted by Gasteiger charge is -2.11. The first-order valence-corrected chi connectivity index (χ1v) is 5.97. The van der Waals surface area contributed by atoms with E-state index < -0.39 is 30.6 Å². The van der Waals surface area contributed by atoms with Gasteiger partial charge in [-0.1, -0.05) is 0 Å². The number of pyridine rings is 1. The molecule has 0 radical (unpaired) electrons. The number of thioether (sulfide) groups is 1. The van der Waals surface area contributed by atoms with Crippen LogP contribution in [0, 0.1) is 0 Å². The summed E-state index contributed by atoms with van der Waals surface area (Å²) in [6.45, 7) is -0.575. The topological polar surface area (TPSA) is 90.7 Å². The van der Waals surface area contributed by atoms with Gasteiger partial charge < -0.3 is 15.3 Å². The Balaban J connectivity index is 3.06. The number of aromatic nitrogens is 1. The maximum atomic E-state index is 12.5. The summed E-state index contributed by atoms with van der Waals surface area (Å²) in [6, 6.07) is 1.39. The Labute approximate surface area is 110 Å². The van der Waals surface area contributed by atoms with Gasteiger partial charge in [-0.3, -0.25) is 0 Å². The molecule has 0 saturated carbocycles. The Kier molecular flexibility index (Phi) is 5.15. The number of carboxylic acid groups (broad SMARTS) is 1. The summed E-state index contributed by atoms with van der Waals surface area (Å²) in [7, 11) is 0. The number of aliphatic hydroxyl groups is 2. The zero-order valence-corrected chi connectivity index (χ0v) is 10.2. The van der Waals surface area contributed by atoms with Gasteiger partial charge >= 0.3 is 12.1 Å². The number of alkyl halides is 3. The van der Waals surface area contributed by atoms with Gasteiger partial charge in [-0.2, -0.15) is 13.2 Å². The second-order valence-corrected chi connectivity index (χ2v) is 4.51. The van der Waals surface area contributed by atoms with Crippen molar-refractivity contribution >= 4 is 17.7 Å². The third-order valence-corrected chi connectivity index (χ3v) is 3.14. The molecule has 1 aromatic rings. The second kappa shape index (κ2) is 6.22. The highest BCUT2D eigenvalue weighted by Gasteiger charge is 2.33. The van der Waals surface area contributed by atoms with Gasteiger partial charge in [-0.25, -0.2) is 9.78 Å². The molecule has 1 rings (SSSR count). The molecule has 0 bridgehead atoms. The van der Waals surface area contributed by atoms with Crippen LogP contribution < -0.4 is 0 Å². The van der Waals surface area contributed by atoms with Crippen molar-refractivity contribution < 1.29 is 33.3 Å². The van der Waals surface area contributed by atoms with Crippen molar-refractivity contribution in [3.8, 4) is 0 Å². The maximum Gasteiger partial charge on any atom is 0.433 e. The van der Waals surface area contributed by atoms with Crippen molar-refractivity contribution in [3.63, 3.8) is 0 Å². The highest BCUT2D eigenvalue weighted by molar-refractivity contribution is 7.99. The van der Waals surface area contributed by atoms with Gasteiger partial charge in [-0.05, 0) is 12.1 Å². The van der Waals surface area contributed by atoms with Gasteiger partial charge in [0.25, 0.3) is 0 Å². The molecule has 0 spiro atoms. The van der Waals surface area contributed by atoms with Crippen LogP contribution >= 0.6 is 11.8 Å². The molecular formula is C10H10F3NO4S. The van der Waals surface area contributed by atoms with Gasteiger partial charge in [0.05, 0.1) is 18.3 Å². The van der Waals surface area contributed by atoms with Gasteiger partial charge in [0.1, 0.15) is 10.7 Å². The number of rotatable bonds is 5. The van der Waals surface area contributed by atoms with Crippen LogP contribution in [0.15, 0.2) is 17.2 Å². The van der Waals surface area contributed by atoms with Crippen LogP contribution in [0.25, 0.3) is 0 Å². The van der Waals surface area contributed by atoms with E-state index in [1.165, 1.54) is 0 Å². The van der Waals surface area contributed by atoms with E-state index in [1.54, 1.807) is 0 Å². The van der Waals surface area contributed by atoms with Crippen LogP contribution in [0.3, 0.4) is 0 Å². The third kappa shape index (κ3) is 4.37. The highest BCUT2D eigenvalue weighted by atomic mass is 32.2. The lowest BCUT2D eigenvalue weighted by atomic mass is 10.2. The Bertz CT molecular complexity index is 467. The average Bonchev–Trinajstić information content (AvgIpc) is 2.34. The number of aliphatic hydroxyl groups excluding tert-OH is 2.